The Bertz CT molecular complexity index is 2980. The lowest BCUT2D eigenvalue weighted by atomic mass is 9.78. The minimum atomic E-state index is -0.126. The zero-order valence-corrected chi connectivity index (χ0v) is 33.4. The van der Waals surface area contributed by atoms with Crippen LogP contribution in [0.1, 0.15) is 87.4 Å². The normalized spacial score (nSPS) is 17.2. The summed E-state index contributed by atoms with van der Waals surface area (Å²) in [6, 6.07) is 48.0. The third-order valence-electron chi connectivity index (χ3n) is 13.5. The molecule has 2 heteroatoms. The van der Waals surface area contributed by atoms with Crippen molar-refractivity contribution in [2.75, 3.05) is 4.90 Å². The van der Waals surface area contributed by atoms with Crippen LogP contribution in [0.15, 0.2) is 138 Å². The summed E-state index contributed by atoms with van der Waals surface area (Å²) < 4.78 is 6.95. The van der Waals surface area contributed by atoms with Gasteiger partial charge in [-0.25, -0.2) is 0 Å². The number of furan rings is 1. The van der Waals surface area contributed by atoms with Gasteiger partial charge in [0.15, 0.2) is 5.58 Å². The molecule has 274 valence electrons. The maximum Gasteiger partial charge on any atom is 0.159 e. The average Bonchev–Trinajstić information content (AvgIpc) is 3.75. The Morgan fingerprint density at radius 2 is 1.14 bits per heavy atom. The van der Waals surface area contributed by atoms with Crippen LogP contribution >= 0.6 is 0 Å². The summed E-state index contributed by atoms with van der Waals surface area (Å²) in [5.41, 5.74) is 19.2. The van der Waals surface area contributed by atoms with Gasteiger partial charge in [-0.2, -0.15) is 0 Å². The van der Waals surface area contributed by atoms with Crippen molar-refractivity contribution >= 4 is 50.2 Å². The summed E-state index contributed by atoms with van der Waals surface area (Å²) in [6.07, 6.45) is 5.69. The lowest BCUT2D eigenvalue weighted by molar-refractivity contribution is 0.572. The quantitative estimate of drug-likeness (QED) is 0.180. The molecule has 1 aromatic heterocycles. The van der Waals surface area contributed by atoms with Gasteiger partial charge < -0.3 is 9.32 Å². The standard InChI is InChI=1S/C54H47NO/c1-52(2,3)44-21-13-19-38-39-20-14-22-49(51(39)56-50(38)44)55(36-17-9-8-10-18-36)37-24-23-34-27-41-43-31-47-42(30-48(43)54(6,7)46(41)29-35(34)25-37)40-26-32-15-11-12-16-33(32)28-45(40)53(47,4)5/h8-24,26-31,37H,25H2,1-7H3. The minimum absolute atomic E-state index is 0.0358. The van der Waals surface area contributed by atoms with Gasteiger partial charge in [0.1, 0.15) is 5.58 Å². The number of hydrogen-bond donors (Lipinski definition) is 0. The fourth-order valence-electron chi connectivity index (χ4n) is 10.5. The number of anilines is 2. The predicted octanol–water partition coefficient (Wildman–Crippen LogP) is 14.4. The molecule has 0 radical (unpaired) electrons. The smallest absolute Gasteiger partial charge is 0.159 e. The Balaban J connectivity index is 1.02. The van der Waals surface area contributed by atoms with E-state index < -0.39 is 0 Å². The molecule has 11 rings (SSSR count). The van der Waals surface area contributed by atoms with Crippen molar-refractivity contribution < 1.29 is 4.42 Å². The van der Waals surface area contributed by atoms with Gasteiger partial charge in [-0.15, -0.1) is 0 Å². The number of rotatable bonds is 3. The molecule has 3 aliphatic carbocycles. The molecule has 1 atom stereocenters. The van der Waals surface area contributed by atoms with Gasteiger partial charge in [-0.3, -0.25) is 0 Å². The average molecular weight is 726 g/mol. The van der Waals surface area contributed by atoms with Crippen LogP contribution in [0.5, 0.6) is 0 Å². The summed E-state index contributed by atoms with van der Waals surface area (Å²) >= 11 is 0. The maximum absolute atomic E-state index is 6.95. The van der Waals surface area contributed by atoms with Crippen molar-refractivity contribution in [2.45, 2.75) is 77.2 Å². The third kappa shape index (κ3) is 4.62. The highest BCUT2D eigenvalue weighted by Gasteiger charge is 2.42. The van der Waals surface area contributed by atoms with Gasteiger partial charge in [-0.05, 0) is 127 Å². The first-order valence-corrected chi connectivity index (χ1v) is 20.3. The summed E-state index contributed by atoms with van der Waals surface area (Å²) in [5.74, 6) is 0. The van der Waals surface area contributed by atoms with Crippen molar-refractivity contribution in [1.29, 1.82) is 0 Å². The van der Waals surface area contributed by atoms with E-state index in [1.165, 1.54) is 77.4 Å². The predicted molar refractivity (Wildman–Crippen MR) is 237 cm³/mol. The minimum Gasteiger partial charge on any atom is -0.454 e. The van der Waals surface area contributed by atoms with E-state index in [0.29, 0.717) is 0 Å². The topological polar surface area (TPSA) is 16.4 Å². The van der Waals surface area contributed by atoms with Crippen LogP contribution in [0, 0.1) is 0 Å². The molecule has 1 heterocycles. The summed E-state index contributed by atoms with van der Waals surface area (Å²) in [4.78, 5) is 2.50. The van der Waals surface area contributed by atoms with Crippen molar-refractivity contribution in [3.8, 4) is 22.3 Å². The van der Waals surface area contributed by atoms with Gasteiger partial charge in [0, 0.05) is 32.9 Å². The van der Waals surface area contributed by atoms with Gasteiger partial charge in [-0.1, -0.05) is 139 Å². The Morgan fingerprint density at radius 3 is 1.84 bits per heavy atom. The van der Waals surface area contributed by atoms with Crippen LogP contribution in [-0.4, -0.2) is 6.04 Å². The first-order chi connectivity index (χ1) is 26.9. The van der Waals surface area contributed by atoms with Gasteiger partial charge >= 0.3 is 0 Å². The zero-order valence-electron chi connectivity index (χ0n) is 33.4. The molecule has 3 aliphatic rings. The van der Waals surface area contributed by atoms with Crippen LogP contribution < -0.4 is 4.90 Å². The van der Waals surface area contributed by atoms with E-state index in [0.717, 1.165) is 34.3 Å². The second-order valence-electron chi connectivity index (χ2n) is 18.6. The largest absolute Gasteiger partial charge is 0.454 e. The highest BCUT2D eigenvalue weighted by molar-refractivity contribution is 6.10. The molecule has 0 N–H and O–H groups in total. The number of benzene rings is 7. The highest BCUT2D eigenvalue weighted by Crippen LogP contribution is 2.57. The zero-order chi connectivity index (χ0) is 38.3. The molecule has 0 aliphatic heterocycles. The number of para-hydroxylation sites is 3. The van der Waals surface area contributed by atoms with E-state index in [1.54, 1.807) is 0 Å². The van der Waals surface area contributed by atoms with E-state index in [4.69, 9.17) is 4.42 Å². The molecule has 56 heavy (non-hydrogen) atoms. The second kappa shape index (κ2) is 11.4. The number of hydrogen-bond acceptors (Lipinski definition) is 2. The van der Waals surface area contributed by atoms with Crippen LogP contribution in [0.4, 0.5) is 11.4 Å². The number of nitrogens with zero attached hydrogens (tertiary/aromatic N) is 1. The Kier molecular flexibility index (Phi) is 6.79. The molecule has 8 aromatic rings. The fraction of sp³-hybridized carbons (Fsp3) is 0.222. The number of fused-ring (bicyclic) bond motifs is 11. The fourth-order valence-corrected chi connectivity index (χ4v) is 10.5. The van der Waals surface area contributed by atoms with Crippen molar-refractivity contribution in [1.82, 2.24) is 0 Å². The molecule has 7 aromatic carbocycles. The summed E-state index contributed by atoms with van der Waals surface area (Å²) in [7, 11) is 0. The molecule has 0 fully saturated rings. The second-order valence-corrected chi connectivity index (χ2v) is 18.6. The Labute approximate surface area is 330 Å². The molecule has 0 amide bonds. The lowest BCUT2D eigenvalue weighted by Gasteiger charge is -2.35. The molecule has 1 unspecified atom stereocenters. The van der Waals surface area contributed by atoms with Crippen LogP contribution in [-0.2, 0) is 22.7 Å². The molecule has 2 nitrogen and oxygen atoms in total. The van der Waals surface area contributed by atoms with Crippen molar-refractivity contribution in [3.63, 3.8) is 0 Å². The van der Waals surface area contributed by atoms with Crippen LogP contribution in [0.2, 0.25) is 0 Å². The molecular formula is C54H47NO. The summed E-state index contributed by atoms with van der Waals surface area (Å²) in [5, 5.41) is 4.96. The van der Waals surface area contributed by atoms with E-state index in [1.807, 2.05) is 0 Å². The van der Waals surface area contributed by atoms with E-state index >= 15 is 0 Å². The molecular weight excluding hydrogens is 679 g/mol. The first-order valence-electron chi connectivity index (χ1n) is 20.3. The molecule has 0 saturated heterocycles. The van der Waals surface area contributed by atoms with Crippen molar-refractivity contribution in [2.24, 2.45) is 0 Å². The summed E-state index contributed by atoms with van der Waals surface area (Å²) in [6.45, 7) is 16.5. The van der Waals surface area contributed by atoms with E-state index in [2.05, 4.69) is 193 Å². The van der Waals surface area contributed by atoms with Crippen LogP contribution in [0.25, 0.3) is 61.0 Å². The maximum atomic E-state index is 6.95. The van der Waals surface area contributed by atoms with Gasteiger partial charge in [0.05, 0.1) is 11.7 Å². The third-order valence-corrected chi connectivity index (χ3v) is 13.5. The lowest BCUT2D eigenvalue weighted by Crippen LogP contribution is -2.33. The van der Waals surface area contributed by atoms with Crippen molar-refractivity contribution in [3.05, 3.63) is 172 Å². The Morgan fingerprint density at radius 1 is 0.571 bits per heavy atom. The highest BCUT2D eigenvalue weighted by atomic mass is 16.3. The van der Waals surface area contributed by atoms with E-state index in [-0.39, 0.29) is 22.3 Å². The van der Waals surface area contributed by atoms with Crippen LogP contribution in [0.3, 0.4) is 0 Å². The van der Waals surface area contributed by atoms with Gasteiger partial charge in [0.2, 0.25) is 0 Å². The monoisotopic (exact) mass is 725 g/mol. The first kappa shape index (κ1) is 33.5. The van der Waals surface area contributed by atoms with E-state index in [9.17, 15) is 0 Å². The molecule has 0 spiro atoms. The SMILES string of the molecule is CC(C)(C)c1cccc2c1oc1c(N(c3ccccc3)C3C=Cc4cc5c(cc4C3)C(C)(C)c3cc4c(cc3-5)C(C)(C)c3cc5ccccc5cc3-4)cccc12. The molecule has 0 saturated carbocycles. The Hall–Kier alpha value is -5.86. The molecule has 0 bridgehead atoms. The van der Waals surface area contributed by atoms with Gasteiger partial charge in [0.25, 0.3) is 0 Å².